The molecule has 8 nitrogen and oxygen atoms in total. The molecule has 1 N–H and O–H groups in total. The maximum absolute atomic E-state index is 12.4. The molecule has 1 unspecified atom stereocenters. The number of nitrogens with one attached hydrogen (secondary N) is 1. The molecule has 1 saturated heterocycles. The number of ether oxygens (including phenoxy) is 1. The summed E-state index contributed by atoms with van der Waals surface area (Å²) in [5.41, 5.74) is 0.589. The Kier molecular flexibility index (Phi) is 5.85. The largest absolute Gasteiger partial charge is 0.497 e. The minimum Gasteiger partial charge on any atom is -0.497 e. The average Bonchev–Trinajstić information content (AvgIpc) is 3.08. The van der Waals surface area contributed by atoms with Crippen LogP contribution < -0.4 is 20.5 Å². The molecule has 2 aromatic rings. The Morgan fingerprint density at radius 3 is 2.74 bits per heavy atom. The molecule has 0 bridgehead atoms. The van der Waals surface area contributed by atoms with Gasteiger partial charge < -0.3 is 15.0 Å². The molecule has 2 heterocycles. The lowest BCUT2D eigenvalue weighted by atomic mass is 10.1. The third-order valence-corrected chi connectivity index (χ3v) is 4.51. The van der Waals surface area contributed by atoms with Crippen LogP contribution in [0.4, 0.5) is 5.69 Å². The van der Waals surface area contributed by atoms with Crippen molar-refractivity contribution in [2.45, 2.75) is 19.4 Å². The SMILES string of the molecule is COc1ccc(N2CC(C(=O)NCCCn3ncccc3=O)CC2=O)cc1. The first-order chi connectivity index (χ1) is 13.1. The molecule has 142 valence electrons. The lowest BCUT2D eigenvalue weighted by Crippen LogP contribution is -2.34. The molecule has 2 amide bonds. The van der Waals surface area contributed by atoms with Gasteiger partial charge in [0, 0.05) is 44.0 Å². The first-order valence-electron chi connectivity index (χ1n) is 8.83. The fourth-order valence-corrected chi connectivity index (χ4v) is 3.03. The van der Waals surface area contributed by atoms with Crippen LogP contribution in [0.5, 0.6) is 5.75 Å². The minimum atomic E-state index is -0.378. The Hall–Kier alpha value is -3.16. The van der Waals surface area contributed by atoms with E-state index < -0.39 is 0 Å². The van der Waals surface area contributed by atoms with E-state index in [9.17, 15) is 14.4 Å². The van der Waals surface area contributed by atoms with Crippen LogP contribution >= 0.6 is 0 Å². The van der Waals surface area contributed by atoms with E-state index in [-0.39, 0.29) is 29.7 Å². The number of methoxy groups -OCH3 is 1. The monoisotopic (exact) mass is 370 g/mol. The summed E-state index contributed by atoms with van der Waals surface area (Å²) in [6.45, 7) is 1.22. The molecule has 1 fully saturated rings. The van der Waals surface area contributed by atoms with Crippen LogP contribution in [0.25, 0.3) is 0 Å². The van der Waals surface area contributed by atoms with Gasteiger partial charge in [0.25, 0.3) is 5.56 Å². The van der Waals surface area contributed by atoms with E-state index in [0.717, 1.165) is 5.69 Å². The second-order valence-corrected chi connectivity index (χ2v) is 6.33. The van der Waals surface area contributed by atoms with E-state index >= 15 is 0 Å². The van der Waals surface area contributed by atoms with E-state index in [0.29, 0.717) is 31.8 Å². The second kappa shape index (κ2) is 8.48. The molecule has 8 heteroatoms. The highest BCUT2D eigenvalue weighted by Gasteiger charge is 2.34. The summed E-state index contributed by atoms with van der Waals surface area (Å²) in [6, 6.07) is 10.2. The summed E-state index contributed by atoms with van der Waals surface area (Å²) in [5.74, 6) is 0.122. The van der Waals surface area contributed by atoms with Gasteiger partial charge >= 0.3 is 0 Å². The van der Waals surface area contributed by atoms with Gasteiger partial charge in [-0.1, -0.05) is 0 Å². The molecule has 1 aliphatic heterocycles. The molecular formula is C19H22N4O4. The predicted octanol–water partition coefficient (Wildman–Crippen LogP) is 0.811. The normalized spacial score (nSPS) is 16.4. The highest BCUT2D eigenvalue weighted by atomic mass is 16.5. The number of carbonyl (C=O) groups excluding carboxylic acids is 2. The van der Waals surface area contributed by atoms with E-state index in [1.165, 1.54) is 10.7 Å². The number of aryl methyl sites for hydroxylation is 1. The smallest absolute Gasteiger partial charge is 0.266 e. The Bertz CT molecular complexity index is 863. The van der Waals surface area contributed by atoms with E-state index in [4.69, 9.17) is 4.74 Å². The first-order valence-corrected chi connectivity index (χ1v) is 8.83. The van der Waals surface area contributed by atoms with Gasteiger partial charge in [-0.3, -0.25) is 14.4 Å². The molecule has 0 saturated carbocycles. The van der Waals surface area contributed by atoms with E-state index in [2.05, 4.69) is 10.4 Å². The molecule has 1 aromatic heterocycles. The molecule has 0 aliphatic carbocycles. The molecule has 1 aliphatic rings. The van der Waals surface area contributed by atoms with Crippen LogP contribution in [0, 0.1) is 5.92 Å². The van der Waals surface area contributed by atoms with Crippen LogP contribution in [-0.4, -0.2) is 41.8 Å². The van der Waals surface area contributed by atoms with Crippen molar-refractivity contribution in [3.8, 4) is 5.75 Å². The van der Waals surface area contributed by atoms with Gasteiger partial charge in [0.1, 0.15) is 5.75 Å². The number of aromatic nitrogens is 2. The van der Waals surface area contributed by atoms with Crippen LogP contribution in [0.1, 0.15) is 12.8 Å². The van der Waals surface area contributed by atoms with Crippen molar-refractivity contribution in [2.75, 3.05) is 25.1 Å². The van der Waals surface area contributed by atoms with Gasteiger partial charge in [-0.2, -0.15) is 5.10 Å². The quantitative estimate of drug-likeness (QED) is 0.728. The lowest BCUT2D eigenvalue weighted by molar-refractivity contribution is -0.126. The van der Waals surface area contributed by atoms with Gasteiger partial charge in [0.05, 0.1) is 13.0 Å². The molecule has 0 spiro atoms. The van der Waals surface area contributed by atoms with Gasteiger partial charge in [-0.25, -0.2) is 4.68 Å². The number of anilines is 1. The van der Waals surface area contributed by atoms with Gasteiger partial charge in [-0.15, -0.1) is 0 Å². The number of amides is 2. The van der Waals surface area contributed by atoms with Gasteiger partial charge in [0.15, 0.2) is 0 Å². The number of carbonyl (C=O) groups is 2. The number of rotatable bonds is 7. The molecular weight excluding hydrogens is 348 g/mol. The number of hydrogen-bond acceptors (Lipinski definition) is 5. The number of benzene rings is 1. The fourth-order valence-electron chi connectivity index (χ4n) is 3.03. The van der Waals surface area contributed by atoms with Crippen LogP contribution in [0.3, 0.4) is 0 Å². The van der Waals surface area contributed by atoms with Crippen molar-refractivity contribution in [1.82, 2.24) is 15.1 Å². The maximum Gasteiger partial charge on any atom is 0.266 e. The van der Waals surface area contributed by atoms with Gasteiger partial charge in [0.2, 0.25) is 11.8 Å². The average molecular weight is 370 g/mol. The van der Waals surface area contributed by atoms with Crippen molar-refractivity contribution < 1.29 is 14.3 Å². The van der Waals surface area contributed by atoms with Crippen molar-refractivity contribution in [2.24, 2.45) is 5.92 Å². The van der Waals surface area contributed by atoms with Crippen LogP contribution in [0.15, 0.2) is 47.4 Å². The van der Waals surface area contributed by atoms with Crippen molar-refractivity contribution in [3.63, 3.8) is 0 Å². The molecule has 1 aromatic carbocycles. The van der Waals surface area contributed by atoms with E-state index in [1.54, 1.807) is 36.4 Å². The zero-order valence-corrected chi connectivity index (χ0v) is 15.1. The number of nitrogens with zero attached hydrogens (tertiary/aromatic N) is 3. The number of hydrogen-bond donors (Lipinski definition) is 1. The zero-order valence-electron chi connectivity index (χ0n) is 15.1. The Labute approximate surface area is 156 Å². The topological polar surface area (TPSA) is 93.5 Å². The third kappa shape index (κ3) is 4.52. The Morgan fingerprint density at radius 1 is 1.26 bits per heavy atom. The highest BCUT2D eigenvalue weighted by molar-refractivity contribution is 6.00. The molecule has 27 heavy (non-hydrogen) atoms. The summed E-state index contributed by atoms with van der Waals surface area (Å²) in [5, 5.41) is 6.81. The fraction of sp³-hybridized carbons (Fsp3) is 0.368. The zero-order chi connectivity index (χ0) is 19.2. The van der Waals surface area contributed by atoms with Crippen molar-refractivity contribution in [3.05, 3.63) is 52.9 Å². The Balaban J connectivity index is 1.48. The molecule has 3 rings (SSSR count). The van der Waals surface area contributed by atoms with Crippen molar-refractivity contribution >= 4 is 17.5 Å². The minimum absolute atomic E-state index is 0.0691. The Morgan fingerprint density at radius 2 is 2.04 bits per heavy atom. The molecule has 0 radical (unpaired) electrons. The lowest BCUT2D eigenvalue weighted by Gasteiger charge is -2.17. The highest BCUT2D eigenvalue weighted by Crippen LogP contribution is 2.26. The van der Waals surface area contributed by atoms with Crippen LogP contribution in [-0.2, 0) is 16.1 Å². The maximum atomic E-state index is 12.4. The molecule has 1 atom stereocenters. The summed E-state index contributed by atoms with van der Waals surface area (Å²) >= 11 is 0. The van der Waals surface area contributed by atoms with Crippen LogP contribution in [0.2, 0.25) is 0 Å². The summed E-state index contributed by atoms with van der Waals surface area (Å²) in [4.78, 5) is 37.8. The summed E-state index contributed by atoms with van der Waals surface area (Å²) in [7, 11) is 1.58. The van der Waals surface area contributed by atoms with Crippen molar-refractivity contribution in [1.29, 1.82) is 0 Å². The van der Waals surface area contributed by atoms with Gasteiger partial charge in [-0.05, 0) is 36.8 Å². The first kappa shape index (κ1) is 18.6. The third-order valence-electron chi connectivity index (χ3n) is 4.51. The van der Waals surface area contributed by atoms with E-state index in [1.807, 2.05) is 12.1 Å². The second-order valence-electron chi connectivity index (χ2n) is 6.33. The summed E-state index contributed by atoms with van der Waals surface area (Å²) in [6.07, 6.45) is 2.33. The summed E-state index contributed by atoms with van der Waals surface area (Å²) < 4.78 is 6.48. The predicted molar refractivity (Wildman–Crippen MR) is 99.6 cm³/mol. The standard InChI is InChI=1S/C19H22N4O4/c1-27-16-7-5-15(6-8-16)22-13-14(12-18(22)25)19(26)20-9-3-11-23-17(24)4-2-10-21-23/h2,4-8,10,14H,3,9,11-13H2,1H3,(H,20,26).